The number of nitrogens with zero attached hydrogens (tertiary/aromatic N) is 2. The second kappa shape index (κ2) is 4.76. The topological polar surface area (TPSA) is 49.9 Å². The predicted octanol–water partition coefficient (Wildman–Crippen LogP) is 0.945. The average molecular weight is 264 g/mol. The lowest BCUT2D eigenvalue weighted by Gasteiger charge is -2.25. The molecule has 5 nitrogen and oxygen atoms in total. The van der Waals surface area contributed by atoms with Crippen molar-refractivity contribution in [1.82, 2.24) is 9.80 Å². The molecule has 0 aromatic carbocycles. The second-order valence-electron chi connectivity index (χ2n) is 6.26. The molecular weight excluding hydrogens is 244 g/mol. The smallest absolute Gasteiger partial charge is 0.410 e. The maximum atomic E-state index is 12.0. The van der Waals surface area contributed by atoms with Crippen molar-refractivity contribution in [3.8, 4) is 12.3 Å². The average Bonchev–Trinajstić information content (AvgIpc) is 2.82. The van der Waals surface area contributed by atoms with Gasteiger partial charge in [0.2, 0.25) is 0 Å². The number of hydrogen-bond acceptors (Lipinski definition) is 3. The summed E-state index contributed by atoms with van der Waals surface area (Å²) in [6.07, 6.45) is 4.85. The van der Waals surface area contributed by atoms with Gasteiger partial charge >= 0.3 is 6.09 Å². The lowest BCUT2D eigenvalue weighted by molar-refractivity contribution is -0.124. The van der Waals surface area contributed by atoms with E-state index in [1.54, 1.807) is 9.80 Å². The molecule has 2 rings (SSSR count). The quantitative estimate of drug-likeness (QED) is 0.612. The van der Waals surface area contributed by atoms with E-state index < -0.39 is 5.60 Å². The standard InChI is InChI=1S/C14H20N2O3/c1-5-12(17)15-6-10-8-16(9-11(10)7-15)13(18)19-14(2,3)4/h1,10-11H,6-9H2,2-4H3/t10-,11+. The predicted molar refractivity (Wildman–Crippen MR) is 70.2 cm³/mol. The fourth-order valence-corrected chi connectivity index (χ4v) is 2.73. The van der Waals surface area contributed by atoms with Crippen LogP contribution in [0, 0.1) is 24.2 Å². The van der Waals surface area contributed by atoms with Gasteiger partial charge in [0, 0.05) is 38.0 Å². The molecule has 0 bridgehead atoms. The van der Waals surface area contributed by atoms with Crippen molar-refractivity contribution < 1.29 is 14.3 Å². The molecule has 2 atom stereocenters. The molecule has 0 spiro atoms. The van der Waals surface area contributed by atoms with Crippen LogP contribution in [-0.4, -0.2) is 53.6 Å². The van der Waals surface area contributed by atoms with Gasteiger partial charge < -0.3 is 14.5 Å². The van der Waals surface area contributed by atoms with E-state index in [2.05, 4.69) is 5.92 Å². The van der Waals surface area contributed by atoms with Crippen molar-refractivity contribution in [2.45, 2.75) is 26.4 Å². The minimum Gasteiger partial charge on any atom is -0.444 e. The lowest BCUT2D eigenvalue weighted by atomic mass is 10.0. The summed E-state index contributed by atoms with van der Waals surface area (Å²) in [5.41, 5.74) is -0.472. The number of carbonyl (C=O) groups is 2. The zero-order valence-electron chi connectivity index (χ0n) is 11.7. The molecule has 0 saturated carbocycles. The van der Waals surface area contributed by atoms with Gasteiger partial charge in [-0.3, -0.25) is 4.79 Å². The summed E-state index contributed by atoms with van der Waals surface area (Å²) in [7, 11) is 0. The third-order valence-electron chi connectivity index (χ3n) is 3.55. The number of hydrogen-bond donors (Lipinski definition) is 0. The third-order valence-corrected chi connectivity index (χ3v) is 3.55. The number of likely N-dealkylation sites (tertiary alicyclic amines) is 2. The van der Waals surface area contributed by atoms with Gasteiger partial charge in [0.1, 0.15) is 5.60 Å². The number of ether oxygens (including phenoxy) is 1. The van der Waals surface area contributed by atoms with E-state index in [1.807, 2.05) is 20.8 Å². The van der Waals surface area contributed by atoms with Gasteiger partial charge in [0.15, 0.2) is 0 Å². The number of fused-ring (bicyclic) bond motifs is 1. The van der Waals surface area contributed by atoms with Gasteiger partial charge in [-0.1, -0.05) is 0 Å². The molecule has 2 saturated heterocycles. The maximum Gasteiger partial charge on any atom is 0.410 e. The zero-order valence-corrected chi connectivity index (χ0v) is 11.7. The Bertz CT molecular complexity index is 419. The van der Waals surface area contributed by atoms with Gasteiger partial charge in [-0.15, -0.1) is 6.42 Å². The Morgan fingerprint density at radius 3 is 2.00 bits per heavy atom. The summed E-state index contributed by atoms with van der Waals surface area (Å²) in [5.74, 6) is 2.54. The molecule has 5 heteroatoms. The second-order valence-corrected chi connectivity index (χ2v) is 6.26. The molecule has 0 unspecified atom stereocenters. The van der Waals surface area contributed by atoms with E-state index in [9.17, 15) is 9.59 Å². The molecule has 0 aromatic rings. The summed E-state index contributed by atoms with van der Waals surface area (Å²) in [4.78, 5) is 26.8. The maximum absolute atomic E-state index is 12.0. The first-order valence-electron chi connectivity index (χ1n) is 6.53. The van der Waals surface area contributed by atoms with Crippen LogP contribution >= 0.6 is 0 Å². The number of terminal acetylenes is 1. The van der Waals surface area contributed by atoms with Gasteiger partial charge in [-0.25, -0.2) is 4.79 Å². The molecule has 2 fully saturated rings. The first-order valence-corrected chi connectivity index (χ1v) is 6.53. The molecule has 0 aromatic heterocycles. The summed E-state index contributed by atoms with van der Waals surface area (Å²) in [6.45, 7) is 8.15. The molecule has 2 aliphatic rings. The summed E-state index contributed by atoms with van der Waals surface area (Å²) in [5, 5.41) is 0. The van der Waals surface area contributed by atoms with Crippen molar-refractivity contribution in [2.75, 3.05) is 26.2 Å². The SMILES string of the molecule is C#CC(=O)N1C[C@@H]2CN(C(=O)OC(C)(C)C)C[C@@H]2C1. The Labute approximate surface area is 113 Å². The first kappa shape index (κ1) is 13.7. The van der Waals surface area contributed by atoms with Crippen LogP contribution in [0.3, 0.4) is 0 Å². The Hall–Kier alpha value is -1.70. The zero-order chi connectivity index (χ0) is 14.2. The fraction of sp³-hybridized carbons (Fsp3) is 0.714. The van der Waals surface area contributed by atoms with Crippen LogP contribution in [0.4, 0.5) is 4.79 Å². The first-order chi connectivity index (χ1) is 8.80. The van der Waals surface area contributed by atoms with Crippen LogP contribution in [0.1, 0.15) is 20.8 Å². The van der Waals surface area contributed by atoms with Crippen molar-refractivity contribution in [1.29, 1.82) is 0 Å². The van der Waals surface area contributed by atoms with E-state index in [1.165, 1.54) is 0 Å². The highest BCUT2D eigenvalue weighted by Crippen LogP contribution is 2.31. The normalized spacial score (nSPS) is 26.0. The van der Waals surface area contributed by atoms with E-state index in [-0.39, 0.29) is 12.0 Å². The summed E-state index contributed by atoms with van der Waals surface area (Å²) in [6, 6.07) is 0. The highest BCUT2D eigenvalue weighted by Gasteiger charge is 2.43. The fourth-order valence-electron chi connectivity index (χ4n) is 2.73. The molecule has 104 valence electrons. The molecule has 0 radical (unpaired) electrons. The lowest BCUT2D eigenvalue weighted by Crippen LogP contribution is -2.38. The number of carbonyl (C=O) groups excluding carboxylic acids is 2. The van der Waals surface area contributed by atoms with Gasteiger partial charge in [0.05, 0.1) is 0 Å². The van der Waals surface area contributed by atoms with Crippen molar-refractivity contribution in [3.63, 3.8) is 0 Å². The van der Waals surface area contributed by atoms with Crippen LogP contribution in [0.25, 0.3) is 0 Å². The summed E-state index contributed by atoms with van der Waals surface area (Å²) < 4.78 is 5.36. The minimum absolute atomic E-state index is 0.252. The van der Waals surface area contributed by atoms with Crippen LogP contribution in [0.2, 0.25) is 0 Å². The molecule has 0 N–H and O–H groups in total. The van der Waals surface area contributed by atoms with Gasteiger partial charge in [0.25, 0.3) is 5.91 Å². The number of amides is 2. The van der Waals surface area contributed by atoms with Gasteiger partial charge in [-0.05, 0) is 26.7 Å². The van der Waals surface area contributed by atoms with Crippen molar-refractivity contribution in [3.05, 3.63) is 0 Å². The van der Waals surface area contributed by atoms with Crippen LogP contribution in [0.15, 0.2) is 0 Å². The van der Waals surface area contributed by atoms with E-state index >= 15 is 0 Å². The molecule has 19 heavy (non-hydrogen) atoms. The third kappa shape index (κ3) is 3.01. The number of rotatable bonds is 0. The molecular formula is C14H20N2O3. The largest absolute Gasteiger partial charge is 0.444 e. The highest BCUT2D eigenvalue weighted by atomic mass is 16.6. The van der Waals surface area contributed by atoms with Crippen LogP contribution in [-0.2, 0) is 9.53 Å². The molecule has 0 aliphatic carbocycles. The Morgan fingerprint density at radius 2 is 1.58 bits per heavy atom. The van der Waals surface area contributed by atoms with Crippen LogP contribution in [0.5, 0.6) is 0 Å². The van der Waals surface area contributed by atoms with E-state index in [4.69, 9.17) is 11.2 Å². The Kier molecular flexibility index (Phi) is 3.44. The Balaban J connectivity index is 1.89. The van der Waals surface area contributed by atoms with Crippen LogP contribution < -0.4 is 0 Å². The summed E-state index contributed by atoms with van der Waals surface area (Å²) >= 11 is 0. The van der Waals surface area contributed by atoms with Gasteiger partial charge in [-0.2, -0.15) is 0 Å². The highest BCUT2D eigenvalue weighted by molar-refractivity contribution is 5.93. The molecule has 2 heterocycles. The van der Waals surface area contributed by atoms with Crippen molar-refractivity contribution in [2.24, 2.45) is 11.8 Å². The van der Waals surface area contributed by atoms with E-state index in [0.29, 0.717) is 38.0 Å². The Morgan fingerprint density at radius 1 is 1.11 bits per heavy atom. The minimum atomic E-state index is -0.472. The molecule has 2 aliphatic heterocycles. The molecule has 2 amide bonds. The van der Waals surface area contributed by atoms with E-state index in [0.717, 1.165) is 0 Å². The monoisotopic (exact) mass is 264 g/mol. The van der Waals surface area contributed by atoms with Crippen molar-refractivity contribution >= 4 is 12.0 Å².